The lowest BCUT2D eigenvalue weighted by Crippen LogP contribution is -2.32. The molecular weight excluding hydrogens is 390 g/mol. The third-order valence-electron chi connectivity index (χ3n) is 6.41. The lowest BCUT2D eigenvalue weighted by molar-refractivity contribution is 0.222. The van der Waals surface area contributed by atoms with Crippen LogP contribution in [0.15, 0.2) is 60.7 Å². The van der Waals surface area contributed by atoms with E-state index in [0.29, 0.717) is 25.7 Å². The summed E-state index contributed by atoms with van der Waals surface area (Å²) in [7, 11) is 3.86. The fourth-order valence-electron chi connectivity index (χ4n) is 4.58. The first-order chi connectivity index (χ1) is 13.6. The van der Waals surface area contributed by atoms with Crippen molar-refractivity contribution in [3.8, 4) is 0 Å². The molecule has 2 aliphatic carbocycles. The van der Waals surface area contributed by atoms with E-state index in [0.717, 1.165) is 25.7 Å². The first-order valence-electron chi connectivity index (χ1n) is 10.4. The van der Waals surface area contributed by atoms with Crippen LogP contribution in [-0.2, 0) is 9.49 Å². The van der Waals surface area contributed by atoms with Gasteiger partial charge >= 0.3 is 0 Å². The quantitative estimate of drug-likeness (QED) is 0.451. The molecule has 0 saturated heterocycles. The summed E-state index contributed by atoms with van der Waals surface area (Å²) in [5.41, 5.74) is 2.61. The highest BCUT2D eigenvalue weighted by molar-refractivity contribution is 8.77. The van der Waals surface area contributed by atoms with Gasteiger partial charge in [0, 0.05) is 0 Å². The SMILES string of the molecule is FC1CCC(SSC2(c3ccccc3)CCC(F)CC2)(c2ccccc2)CC1. The van der Waals surface area contributed by atoms with E-state index < -0.39 is 12.3 Å². The lowest BCUT2D eigenvalue weighted by Gasteiger charge is -2.43. The van der Waals surface area contributed by atoms with Gasteiger partial charge in [0.2, 0.25) is 0 Å². The van der Waals surface area contributed by atoms with Crippen LogP contribution in [-0.4, -0.2) is 12.3 Å². The molecule has 2 saturated carbocycles. The molecule has 4 heteroatoms. The number of halogens is 2. The molecule has 0 nitrogen and oxygen atoms in total. The fraction of sp³-hybridized carbons (Fsp3) is 0.500. The summed E-state index contributed by atoms with van der Waals surface area (Å²) in [5.74, 6) is 0. The number of hydrogen-bond donors (Lipinski definition) is 0. The van der Waals surface area contributed by atoms with Gasteiger partial charge in [-0.25, -0.2) is 8.78 Å². The van der Waals surface area contributed by atoms with Crippen molar-refractivity contribution in [3.05, 3.63) is 71.8 Å². The Hall–Kier alpha value is -1.00. The number of rotatable bonds is 5. The van der Waals surface area contributed by atoms with Crippen LogP contribution in [0.5, 0.6) is 0 Å². The van der Waals surface area contributed by atoms with Gasteiger partial charge in [0.1, 0.15) is 12.3 Å². The van der Waals surface area contributed by atoms with E-state index in [9.17, 15) is 8.78 Å². The van der Waals surface area contributed by atoms with Crippen LogP contribution in [0.25, 0.3) is 0 Å². The van der Waals surface area contributed by atoms with Crippen molar-refractivity contribution >= 4 is 21.6 Å². The molecule has 4 rings (SSSR count). The van der Waals surface area contributed by atoms with Crippen molar-refractivity contribution in [3.63, 3.8) is 0 Å². The van der Waals surface area contributed by atoms with E-state index in [2.05, 4.69) is 48.5 Å². The summed E-state index contributed by atoms with van der Waals surface area (Å²) < 4.78 is 27.8. The minimum absolute atomic E-state index is 0.0527. The Morgan fingerprint density at radius 2 is 0.893 bits per heavy atom. The Labute approximate surface area is 175 Å². The van der Waals surface area contributed by atoms with E-state index in [1.165, 1.54) is 11.1 Å². The molecule has 2 fully saturated rings. The second-order valence-corrected chi connectivity index (χ2v) is 11.1. The number of benzene rings is 2. The van der Waals surface area contributed by atoms with Gasteiger partial charge in [-0.05, 0) is 62.5 Å². The van der Waals surface area contributed by atoms with Crippen LogP contribution in [0, 0.1) is 0 Å². The lowest BCUT2D eigenvalue weighted by atomic mass is 9.82. The predicted octanol–water partition coefficient (Wildman–Crippen LogP) is 7.98. The first-order valence-corrected chi connectivity index (χ1v) is 12.5. The highest BCUT2D eigenvalue weighted by Gasteiger charge is 2.43. The molecule has 0 amide bonds. The van der Waals surface area contributed by atoms with Gasteiger partial charge in [0.25, 0.3) is 0 Å². The van der Waals surface area contributed by atoms with Crippen LogP contribution in [0.4, 0.5) is 8.78 Å². The molecule has 0 radical (unpaired) electrons. The van der Waals surface area contributed by atoms with E-state index in [-0.39, 0.29) is 9.49 Å². The van der Waals surface area contributed by atoms with Crippen molar-refractivity contribution in [2.75, 3.05) is 0 Å². The Morgan fingerprint density at radius 1 is 0.571 bits per heavy atom. The van der Waals surface area contributed by atoms with Gasteiger partial charge in [0.05, 0.1) is 9.49 Å². The maximum absolute atomic E-state index is 14.0. The Kier molecular flexibility index (Phi) is 6.37. The van der Waals surface area contributed by atoms with Crippen LogP contribution >= 0.6 is 21.6 Å². The van der Waals surface area contributed by atoms with Gasteiger partial charge in [-0.15, -0.1) is 0 Å². The first kappa shape index (κ1) is 20.3. The zero-order valence-corrected chi connectivity index (χ0v) is 17.8. The Balaban J connectivity index is 1.61. The van der Waals surface area contributed by atoms with Crippen molar-refractivity contribution in [1.29, 1.82) is 0 Å². The van der Waals surface area contributed by atoms with Gasteiger partial charge < -0.3 is 0 Å². The van der Waals surface area contributed by atoms with Crippen molar-refractivity contribution < 1.29 is 8.78 Å². The standard InChI is InChI=1S/C24H28F2S2/c25-21-11-15-23(16-12-21,19-7-3-1-4-8-19)27-28-24(17-13-22(26)14-18-24)20-9-5-2-6-10-20/h1-10,21-22H,11-18H2. The summed E-state index contributed by atoms with van der Waals surface area (Å²) >= 11 is 0. The monoisotopic (exact) mass is 418 g/mol. The highest BCUT2D eigenvalue weighted by atomic mass is 33.1. The van der Waals surface area contributed by atoms with E-state index in [1.807, 2.05) is 33.7 Å². The molecule has 0 unspecified atom stereocenters. The maximum atomic E-state index is 14.0. The average Bonchev–Trinajstić information content (AvgIpc) is 2.76. The third-order valence-corrected chi connectivity index (χ3v) is 10.6. The van der Waals surface area contributed by atoms with E-state index >= 15 is 0 Å². The molecule has 150 valence electrons. The van der Waals surface area contributed by atoms with Gasteiger partial charge in [-0.3, -0.25) is 0 Å². The average molecular weight is 419 g/mol. The summed E-state index contributed by atoms with van der Waals surface area (Å²) in [6.07, 6.45) is 4.65. The molecule has 0 atom stereocenters. The molecule has 2 aromatic carbocycles. The van der Waals surface area contributed by atoms with Gasteiger partial charge in [-0.1, -0.05) is 82.3 Å². The smallest absolute Gasteiger partial charge is 0.100 e. The van der Waals surface area contributed by atoms with Crippen LogP contribution in [0.3, 0.4) is 0 Å². The second kappa shape index (κ2) is 8.79. The molecule has 28 heavy (non-hydrogen) atoms. The van der Waals surface area contributed by atoms with Crippen LogP contribution in [0.2, 0.25) is 0 Å². The van der Waals surface area contributed by atoms with E-state index in [1.54, 1.807) is 0 Å². The molecule has 0 aliphatic heterocycles. The van der Waals surface area contributed by atoms with Crippen molar-refractivity contribution in [2.24, 2.45) is 0 Å². The molecular formula is C24H28F2S2. The maximum Gasteiger partial charge on any atom is 0.100 e. The molecule has 0 spiro atoms. The zero-order valence-electron chi connectivity index (χ0n) is 16.2. The van der Waals surface area contributed by atoms with Gasteiger partial charge in [0.15, 0.2) is 0 Å². The summed E-state index contributed by atoms with van der Waals surface area (Å²) in [4.78, 5) is 0. The molecule has 0 heterocycles. The minimum atomic E-state index is -0.674. The van der Waals surface area contributed by atoms with Crippen molar-refractivity contribution in [1.82, 2.24) is 0 Å². The summed E-state index contributed by atoms with van der Waals surface area (Å²) in [6.45, 7) is 0. The van der Waals surface area contributed by atoms with Crippen LogP contribution < -0.4 is 0 Å². The molecule has 0 N–H and O–H groups in total. The Bertz CT molecular complexity index is 668. The largest absolute Gasteiger partial charge is 0.247 e. The van der Waals surface area contributed by atoms with Crippen LogP contribution in [0.1, 0.15) is 62.5 Å². The summed E-state index contributed by atoms with van der Waals surface area (Å²) in [6, 6.07) is 21.2. The topological polar surface area (TPSA) is 0 Å². The van der Waals surface area contributed by atoms with Crippen molar-refractivity contribution in [2.45, 2.75) is 73.2 Å². The zero-order chi connectivity index (χ0) is 19.5. The summed E-state index contributed by atoms with van der Waals surface area (Å²) in [5, 5.41) is 0. The number of alkyl halides is 2. The molecule has 2 aliphatic rings. The third kappa shape index (κ3) is 4.28. The predicted molar refractivity (Wildman–Crippen MR) is 118 cm³/mol. The fourth-order valence-corrected chi connectivity index (χ4v) is 8.70. The van der Waals surface area contributed by atoms with Gasteiger partial charge in [-0.2, -0.15) is 0 Å². The second-order valence-electron chi connectivity index (χ2n) is 8.24. The molecule has 2 aromatic rings. The molecule has 0 bridgehead atoms. The minimum Gasteiger partial charge on any atom is -0.247 e. The molecule has 0 aromatic heterocycles. The Morgan fingerprint density at radius 3 is 1.21 bits per heavy atom. The normalized spacial score (nSPS) is 33.5. The number of hydrogen-bond acceptors (Lipinski definition) is 2. The van der Waals surface area contributed by atoms with E-state index in [4.69, 9.17) is 0 Å². The highest BCUT2D eigenvalue weighted by Crippen LogP contribution is 2.61.